The molecule has 2 aliphatic rings. The third kappa shape index (κ3) is 4.54. The lowest BCUT2D eigenvalue weighted by Gasteiger charge is -2.38. The molecule has 2 aliphatic heterocycles. The average molecular weight is 415 g/mol. The molecule has 1 aromatic heterocycles. The molecule has 7 heteroatoms. The Balaban J connectivity index is 1.33. The van der Waals surface area contributed by atoms with Gasteiger partial charge in [-0.15, -0.1) is 0 Å². The van der Waals surface area contributed by atoms with Crippen LogP contribution < -0.4 is 0 Å². The number of carbonyl (C=O) groups is 2. The van der Waals surface area contributed by atoms with Gasteiger partial charge in [0, 0.05) is 49.7 Å². The van der Waals surface area contributed by atoms with E-state index in [9.17, 15) is 9.59 Å². The van der Waals surface area contributed by atoms with E-state index in [1.807, 2.05) is 34.1 Å². The predicted octanol–water partition coefficient (Wildman–Crippen LogP) is 3.05. The fraction of sp³-hybridized carbons (Fsp3) is 0.500. The molecular weight excluding hydrogens is 388 g/mol. The standard InChI is InChI=1S/C22H27ClN4O2/c1-16-4-2-3-9-27(16)21(28)15-25-10-12-26(13-11-25)22(29)18-5-7-19-17(14-18)6-8-20(23)24-19/h5-8,14,16H,2-4,9-13,15H2,1H3. The van der Waals surface area contributed by atoms with E-state index in [1.165, 1.54) is 6.42 Å². The number of fused-ring (bicyclic) bond motifs is 1. The van der Waals surface area contributed by atoms with Gasteiger partial charge in [0.15, 0.2) is 0 Å². The predicted molar refractivity (Wildman–Crippen MR) is 114 cm³/mol. The number of amides is 2. The van der Waals surface area contributed by atoms with Crippen LogP contribution >= 0.6 is 11.6 Å². The average Bonchev–Trinajstić information content (AvgIpc) is 2.73. The van der Waals surface area contributed by atoms with Crippen molar-refractivity contribution in [2.75, 3.05) is 39.3 Å². The molecule has 3 heterocycles. The Bertz CT molecular complexity index is 911. The summed E-state index contributed by atoms with van der Waals surface area (Å²) in [7, 11) is 0. The number of nitrogens with zero attached hydrogens (tertiary/aromatic N) is 4. The molecule has 0 saturated carbocycles. The number of hydrogen-bond donors (Lipinski definition) is 0. The van der Waals surface area contributed by atoms with Crippen LogP contribution in [0.4, 0.5) is 0 Å². The van der Waals surface area contributed by atoms with Crippen molar-refractivity contribution in [3.63, 3.8) is 0 Å². The summed E-state index contributed by atoms with van der Waals surface area (Å²) >= 11 is 5.93. The van der Waals surface area contributed by atoms with Crippen LogP contribution in [0.2, 0.25) is 5.15 Å². The van der Waals surface area contributed by atoms with Gasteiger partial charge in [0.05, 0.1) is 12.1 Å². The molecule has 6 nitrogen and oxygen atoms in total. The highest BCUT2D eigenvalue weighted by atomic mass is 35.5. The highest BCUT2D eigenvalue weighted by Crippen LogP contribution is 2.19. The van der Waals surface area contributed by atoms with Gasteiger partial charge in [0.2, 0.25) is 5.91 Å². The van der Waals surface area contributed by atoms with E-state index >= 15 is 0 Å². The lowest BCUT2D eigenvalue weighted by atomic mass is 10.0. The molecule has 0 radical (unpaired) electrons. The summed E-state index contributed by atoms with van der Waals surface area (Å²) in [5, 5.41) is 1.35. The summed E-state index contributed by atoms with van der Waals surface area (Å²) < 4.78 is 0. The number of pyridine rings is 1. The highest BCUT2D eigenvalue weighted by Gasteiger charge is 2.27. The molecule has 0 spiro atoms. The number of piperidine rings is 1. The number of hydrogen-bond acceptors (Lipinski definition) is 4. The van der Waals surface area contributed by atoms with Crippen LogP contribution in [0.15, 0.2) is 30.3 Å². The van der Waals surface area contributed by atoms with Crippen LogP contribution in [-0.2, 0) is 4.79 Å². The Morgan fingerprint density at radius 2 is 1.86 bits per heavy atom. The Morgan fingerprint density at radius 3 is 2.62 bits per heavy atom. The summed E-state index contributed by atoms with van der Waals surface area (Å²) in [4.78, 5) is 35.9. The first kappa shape index (κ1) is 20.1. The largest absolute Gasteiger partial charge is 0.339 e. The van der Waals surface area contributed by atoms with Crippen LogP contribution in [0.1, 0.15) is 36.5 Å². The Kier molecular flexibility index (Phi) is 6.01. The van der Waals surface area contributed by atoms with Gasteiger partial charge in [-0.25, -0.2) is 4.98 Å². The van der Waals surface area contributed by atoms with E-state index in [-0.39, 0.29) is 11.8 Å². The molecule has 2 aromatic rings. The van der Waals surface area contributed by atoms with Gasteiger partial charge in [0.1, 0.15) is 5.15 Å². The summed E-state index contributed by atoms with van der Waals surface area (Å²) in [6, 6.07) is 9.47. The maximum atomic E-state index is 12.9. The zero-order valence-electron chi connectivity index (χ0n) is 16.8. The molecule has 29 heavy (non-hydrogen) atoms. The molecule has 1 unspecified atom stereocenters. The van der Waals surface area contributed by atoms with Crippen molar-refractivity contribution >= 4 is 34.3 Å². The fourth-order valence-electron chi connectivity index (χ4n) is 4.28. The maximum absolute atomic E-state index is 12.9. The van der Waals surface area contributed by atoms with Crippen molar-refractivity contribution in [3.8, 4) is 0 Å². The monoisotopic (exact) mass is 414 g/mol. The number of aromatic nitrogens is 1. The molecule has 154 valence electrons. The molecule has 0 aliphatic carbocycles. The van der Waals surface area contributed by atoms with E-state index in [0.717, 1.165) is 43.4 Å². The maximum Gasteiger partial charge on any atom is 0.253 e. The molecule has 0 N–H and O–H groups in total. The number of piperazine rings is 1. The second kappa shape index (κ2) is 8.67. The quantitative estimate of drug-likeness (QED) is 0.724. The van der Waals surface area contributed by atoms with Gasteiger partial charge in [-0.05, 0) is 56.5 Å². The summed E-state index contributed by atoms with van der Waals surface area (Å²) in [6.45, 7) is 6.20. The van der Waals surface area contributed by atoms with Crippen molar-refractivity contribution in [3.05, 3.63) is 41.0 Å². The van der Waals surface area contributed by atoms with Crippen LogP contribution in [0.3, 0.4) is 0 Å². The molecule has 2 fully saturated rings. The summed E-state index contributed by atoms with van der Waals surface area (Å²) in [6.07, 6.45) is 3.41. The van der Waals surface area contributed by atoms with Crippen molar-refractivity contribution in [2.45, 2.75) is 32.2 Å². The molecule has 0 bridgehead atoms. The van der Waals surface area contributed by atoms with Gasteiger partial charge in [0.25, 0.3) is 5.91 Å². The SMILES string of the molecule is CC1CCCCN1C(=O)CN1CCN(C(=O)c2ccc3nc(Cl)ccc3c2)CC1. The first-order chi connectivity index (χ1) is 14.0. The van der Waals surface area contributed by atoms with Crippen molar-refractivity contribution in [1.82, 2.24) is 19.7 Å². The van der Waals surface area contributed by atoms with Gasteiger partial charge in [-0.3, -0.25) is 14.5 Å². The number of rotatable bonds is 3. The Hall–Kier alpha value is -2.18. The second-order valence-electron chi connectivity index (χ2n) is 8.04. The van der Waals surface area contributed by atoms with Gasteiger partial charge in [-0.2, -0.15) is 0 Å². The molecular formula is C22H27ClN4O2. The zero-order chi connectivity index (χ0) is 20.4. The van der Waals surface area contributed by atoms with Gasteiger partial charge < -0.3 is 9.80 Å². The minimum absolute atomic E-state index is 0.0254. The van der Waals surface area contributed by atoms with Crippen molar-refractivity contribution in [1.29, 1.82) is 0 Å². The molecule has 2 saturated heterocycles. The minimum atomic E-state index is 0.0254. The highest BCUT2D eigenvalue weighted by molar-refractivity contribution is 6.29. The van der Waals surface area contributed by atoms with E-state index in [4.69, 9.17) is 11.6 Å². The van der Waals surface area contributed by atoms with Crippen LogP contribution in [0.5, 0.6) is 0 Å². The van der Waals surface area contributed by atoms with Crippen molar-refractivity contribution < 1.29 is 9.59 Å². The number of likely N-dealkylation sites (tertiary alicyclic amines) is 1. The van der Waals surface area contributed by atoms with E-state index in [1.54, 1.807) is 6.07 Å². The fourth-order valence-corrected chi connectivity index (χ4v) is 4.43. The van der Waals surface area contributed by atoms with Crippen LogP contribution in [0.25, 0.3) is 10.9 Å². The third-order valence-electron chi connectivity index (χ3n) is 6.04. The molecule has 4 rings (SSSR count). The van der Waals surface area contributed by atoms with Gasteiger partial charge >= 0.3 is 0 Å². The zero-order valence-corrected chi connectivity index (χ0v) is 17.6. The first-order valence-electron chi connectivity index (χ1n) is 10.4. The molecule has 2 amide bonds. The molecule has 1 aromatic carbocycles. The van der Waals surface area contributed by atoms with E-state index in [0.29, 0.717) is 36.4 Å². The topological polar surface area (TPSA) is 56.8 Å². The van der Waals surface area contributed by atoms with Crippen LogP contribution in [-0.4, -0.2) is 76.8 Å². The Morgan fingerprint density at radius 1 is 1.07 bits per heavy atom. The number of halogens is 1. The van der Waals surface area contributed by atoms with Crippen LogP contribution in [0, 0.1) is 0 Å². The van der Waals surface area contributed by atoms with Gasteiger partial charge in [-0.1, -0.05) is 11.6 Å². The summed E-state index contributed by atoms with van der Waals surface area (Å²) in [5.74, 6) is 0.246. The second-order valence-corrected chi connectivity index (χ2v) is 8.43. The lowest BCUT2D eigenvalue weighted by Crippen LogP contribution is -2.53. The third-order valence-corrected chi connectivity index (χ3v) is 6.25. The number of benzene rings is 1. The smallest absolute Gasteiger partial charge is 0.253 e. The minimum Gasteiger partial charge on any atom is -0.339 e. The van der Waals surface area contributed by atoms with E-state index in [2.05, 4.69) is 16.8 Å². The first-order valence-corrected chi connectivity index (χ1v) is 10.8. The Labute approximate surface area is 176 Å². The van der Waals surface area contributed by atoms with E-state index < -0.39 is 0 Å². The van der Waals surface area contributed by atoms with Crippen molar-refractivity contribution in [2.24, 2.45) is 0 Å². The lowest BCUT2D eigenvalue weighted by molar-refractivity contribution is -0.136. The summed E-state index contributed by atoms with van der Waals surface area (Å²) in [5.41, 5.74) is 1.44. The molecule has 1 atom stereocenters. The normalized spacial score (nSPS) is 20.8. The number of carbonyl (C=O) groups excluding carboxylic acids is 2.